The Balaban J connectivity index is 2.30. The summed E-state index contributed by atoms with van der Waals surface area (Å²) in [5, 5.41) is 13.4. The van der Waals surface area contributed by atoms with Crippen LogP contribution in [0.5, 0.6) is 0 Å². The van der Waals surface area contributed by atoms with Gasteiger partial charge in [-0.3, -0.25) is 4.79 Å². The molecule has 1 rings (SSSR count). The average molecular weight is 281 g/mol. The normalized spacial score (nSPS) is 9.79. The lowest BCUT2D eigenvalue weighted by Crippen LogP contribution is -2.26. The molecule has 1 aromatic heterocycles. The van der Waals surface area contributed by atoms with E-state index < -0.39 is 0 Å². The van der Waals surface area contributed by atoms with E-state index >= 15 is 0 Å². The molecule has 0 saturated carbocycles. The molecule has 0 bridgehead atoms. The van der Waals surface area contributed by atoms with Gasteiger partial charge in [0.1, 0.15) is 6.61 Å². The Morgan fingerprint density at radius 3 is 3.16 bits per heavy atom. The first-order chi connectivity index (χ1) is 9.26. The first-order valence-corrected chi connectivity index (χ1v) is 7.15. The second kappa shape index (κ2) is 9.56. The summed E-state index contributed by atoms with van der Waals surface area (Å²) in [6.45, 7) is 3.31. The van der Waals surface area contributed by atoms with E-state index in [-0.39, 0.29) is 19.1 Å². The van der Waals surface area contributed by atoms with E-state index in [0.29, 0.717) is 19.6 Å². The number of hydrogen-bond acceptors (Lipinski definition) is 4. The van der Waals surface area contributed by atoms with Crippen molar-refractivity contribution in [1.82, 2.24) is 5.32 Å². The van der Waals surface area contributed by atoms with Gasteiger partial charge in [0.25, 0.3) is 0 Å². The van der Waals surface area contributed by atoms with Crippen molar-refractivity contribution in [2.24, 2.45) is 0 Å². The van der Waals surface area contributed by atoms with Crippen molar-refractivity contribution in [3.05, 3.63) is 21.9 Å². The predicted molar refractivity (Wildman–Crippen MR) is 75.9 cm³/mol. The number of aliphatic hydroxyl groups excluding tert-OH is 1. The predicted octanol–water partition coefficient (Wildman–Crippen LogP) is 1.52. The Morgan fingerprint density at radius 2 is 2.42 bits per heavy atom. The highest BCUT2D eigenvalue weighted by atomic mass is 32.1. The van der Waals surface area contributed by atoms with Crippen LogP contribution >= 0.6 is 11.3 Å². The Labute approximate surface area is 117 Å². The molecule has 1 amide bonds. The molecule has 0 atom stereocenters. The molecule has 0 aromatic carbocycles. The minimum absolute atomic E-state index is 0.0812. The maximum absolute atomic E-state index is 11.4. The fraction of sp³-hybridized carbons (Fsp3) is 0.500. The number of hydrogen-bond donors (Lipinski definition) is 2. The standard InChI is InChI=1S/C14H19NO3S/c1-2-7-18-10-14(17)15-9-13-8-12(11-19-13)5-3-4-6-16/h8,11,16H,2,4,6-7,9-10H2,1H3,(H,15,17). The summed E-state index contributed by atoms with van der Waals surface area (Å²) in [5.41, 5.74) is 0.921. The molecule has 1 aromatic rings. The molecule has 2 N–H and O–H groups in total. The van der Waals surface area contributed by atoms with Gasteiger partial charge in [0.2, 0.25) is 5.91 Å². The van der Waals surface area contributed by atoms with E-state index in [1.165, 1.54) is 0 Å². The van der Waals surface area contributed by atoms with E-state index in [2.05, 4.69) is 17.2 Å². The number of ether oxygens (including phenoxy) is 1. The van der Waals surface area contributed by atoms with Crippen molar-refractivity contribution in [1.29, 1.82) is 0 Å². The summed E-state index contributed by atoms with van der Waals surface area (Å²) < 4.78 is 5.15. The van der Waals surface area contributed by atoms with Crippen molar-refractivity contribution in [3.8, 4) is 11.8 Å². The van der Waals surface area contributed by atoms with Gasteiger partial charge in [-0.2, -0.15) is 0 Å². The number of carbonyl (C=O) groups excluding carboxylic acids is 1. The molecular weight excluding hydrogens is 262 g/mol. The van der Waals surface area contributed by atoms with Crippen LogP contribution in [0.2, 0.25) is 0 Å². The fourth-order valence-corrected chi connectivity index (χ4v) is 2.06. The molecule has 0 radical (unpaired) electrons. The number of carbonyl (C=O) groups is 1. The van der Waals surface area contributed by atoms with Gasteiger partial charge in [-0.05, 0) is 12.5 Å². The lowest BCUT2D eigenvalue weighted by atomic mass is 10.3. The minimum atomic E-state index is -0.102. The van der Waals surface area contributed by atoms with Crippen molar-refractivity contribution < 1.29 is 14.6 Å². The molecule has 0 spiro atoms. The number of thiophene rings is 1. The molecule has 0 saturated heterocycles. The van der Waals surface area contributed by atoms with E-state index in [9.17, 15) is 4.79 Å². The maximum Gasteiger partial charge on any atom is 0.246 e. The highest BCUT2D eigenvalue weighted by Crippen LogP contribution is 2.13. The third kappa shape index (κ3) is 6.97. The van der Waals surface area contributed by atoms with Crippen molar-refractivity contribution in [3.63, 3.8) is 0 Å². The van der Waals surface area contributed by atoms with Gasteiger partial charge in [0.05, 0.1) is 13.2 Å². The highest BCUT2D eigenvalue weighted by molar-refractivity contribution is 7.10. The lowest BCUT2D eigenvalue weighted by Gasteiger charge is -2.03. The molecule has 104 valence electrons. The SMILES string of the molecule is CCCOCC(=O)NCc1cc(C#CCCO)cs1. The molecule has 19 heavy (non-hydrogen) atoms. The highest BCUT2D eigenvalue weighted by Gasteiger charge is 2.02. The smallest absolute Gasteiger partial charge is 0.246 e. The van der Waals surface area contributed by atoms with Gasteiger partial charge in [-0.1, -0.05) is 18.8 Å². The van der Waals surface area contributed by atoms with Crippen molar-refractivity contribution in [2.45, 2.75) is 26.3 Å². The van der Waals surface area contributed by atoms with Crippen LogP contribution in [0.25, 0.3) is 0 Å². The summed E-state index contributed by atoms with van der Waals surface area (Å²) in [7, 11) is 0. The lowest BCUT2D eigenvalue weighted by molar-refractivity contribution is -0.125. The van der Waals surface area contributed by atoms with Gasteiger partial charge in [-0.15, -0.1) is 11.3 Å². The number of rotatable bonds is 7. The van der Waals surface area contributed by atoms with Gasteiger partial charge in [-0.25, -0.2) is 0 Å². The van der Waals surface area contributed by atoms with Crippen LogP contribution in [0, 0.1) is 11.8 Å². The summed E-state index contributed by atoms with van der Waals surface area (Å²) in [4.78, 5) is 12.5. The van der Waals surface area contributed by atoms with Gasteiger partial charge >= 0.3 is 0 Å². The van der Waals surface area contributed by atoms with Crippen molar-refractivity contribution in [2.75, 3.05) is 19.8 Å². The third-order valence-corrected chi connectivity index (χ3v) is 3.10. The minimum Gasteiger partial charge on any atom is -0.395 e. The number of amides is 1. The van der Waals surface area contributed by atoms with Crippen LogP contribution in [0.1, 0.15) is 30.2 Å². The van der Waals surface area contributed by atoms with Crippen molar-refractivity contribution >= 4 is 17.2 Å². The first kappa shape index (κ1) is 15.7. The topological polar surface area (TPSA) is 58.6 Å². The fourth-order valence-electron chi connectivity index (χ4n) is 1.31. The molecular formula is C14H19NO3S. The molecule has 0 aliphatic heterocycles. The van der Waals surface area contributed by atoms with Gasteiger partial charge < -0.3 is 15.2 Å². The Hall–Kier alpha value is -1.35. The van der Waals surface area contributed by atoms with E-state index in [1.807, 2.05) is 18.4 Å². The Morgan fingerprint density at radius 1 is 1.58 bits per heavy atom. The Bertz CT molecular complexity index is 445. The van der Waals surface area contributed by atoms with Crippen LogP contribution in [-0.2, 0) is 16.1 Å². The second-order valence-electron chi connectivity index (χ2n) is 3.91. The zero-order valence-electron chi connectivity index (χ0n) is 11.1. The second-order valence-corrected chi connectivity index (χ2v) is 4.90. The van der Waals surface area contributed by atoms with Crippen LogP contribution < -0.4 is 5.32 Å². The average Bonchev–Trinajstić information content (AvgIpc) is 2.85. The summed E-state index contributed by atoms with van der Waals surface area (Å²) in [6, 6.07) is 1.95. The summed E-state index contributed by atoms with van der Waals surface area (Å²) in [6.07, 6.45) is 1.39. The van der Waals surface area contributed by atoms with Gasteiger partial charge in [0, 0.05) is 28.8 Å². The summed E-state index contributed by atoms with van der Waals surface area (Å²) in [5.74, 6) is 5.72. The van der Waals surface area contributed by atoms with Crippen LogP contribution in [0.15, 0.2) is 11.4 Å². The molecule has 0 aliphatic carbocycles. The van der Waals surface area contributed by atoms with E-state index in [0.717, 1.165) is 16.9 Å². The molecule has 0 fully saturated rings. The van der Waals surface area contributed by atoms with Gasteiger partial charge in [0.15, 0.2) is 0 Å². The Kier molecular flexibility index (Phi) is 7.91. The van der Waals surface area contributed by atoms with E-state index in [1.54, 1.807) is 11.3 Å². The quantitative estimate of drug-likeness (QED) is 0.588. The zero-order valence-corrected chi connectivity index (χ0v) is 11.9. The number of aliphatic hydroxyl groups is 1. The number of nitrogens with one attached hydrogen (secondary N) is 1. The van der Waals surface area contributed by atoms with Crippen LogP contribution in [0.4, 0.5) is 0 Å². The maximum atomic E-state index is 11.4. The molecule has 4 nitrogen and oxygen atoms in total. The molecule has 0 unspecified atom stereocenters. The molecule has 1 heterocycles. The van der Waals surface area contributed by atoms with E-state index in [4.69, 9.17) is 9.84 Å². The monoisotopic (exact) mass is 281 g/mol. The van der Waals surface area contributed by atoms with Crippen LogP contribution in [-0.4, -0.2) is 30.8 Å². The first-order valence-electron chi connectivity index (χ1n) is 6.27. The molecule has 5 heteroatoms. The largest absolute Gasteiger partial charge is 0.395 e. The zero-order chi connectivity index (χ0) is 13.9. The van der Waals surface area contributed by atoms with Crippen LogP contribution in [0.3, 0.4) is 0 Å². The molecule has 0 aliphatic rings. The third-order valence-electron chi connectivity index (χ3n) is 2.16. The summed E-state index contributed by atoms with van der Waals surface area (Å²) >= 11 is 1.56.